The van der Waals surface area contributed by atoms with E-state index in [1.165, 1.54) is 0 Å². The minimum Gasteiger partial charge on any atom is -0.458 e. The third kappa shape index (κ3) is 2.43. The fraction of sp³-hybridized carbons (Fsp3) is 0.286. The van der Waals surface area contributed by atoms with Gasteiger partial charge in [-0.25, -0.2) is 9.78 Å². The molecule has 4 heterocycles. The average Bonchev–Trinajstić information content (AvgIpc) is 3.01. The first-order valence-corrected chi connectivity index (χ1v) is 8.59. The third-order valence-corrected chi connectivity index (χ3v) is 5.42. The van der Waals surface area contributed by atoms with E-state index in [4.69, 9.17) is 9.72 Å². The van der Waals surface area contributed by atoms with Crippen LogP contribution in [0.4, 0.5) is 0 Å². The van der Waals surface area contributed by atoms with Gasteiger partial charge < -0.3 is 14.4 Å². The molecule has 0 amide bonds. The maximum Gasteiger partial charge on any atom is 0.343 e. The lowest BCUT2D eigenvalue weighted by Crippen LogP contribution is -2.44. The van der Waals surface area contributed by atoms with Crippen LogP contribution in [-0.2, 0) is 28.3 Å². The van der Waals surface area contributed by atoms with Gasteiger partial charge in [-0.1, -0.05) is 32.5 Å². The van der Waals surface area contributed by atoms with Crippen molar-refractivity contribution in [3.63, 3.8) is 0 Å². The molecule has 0 saturated heterocycles. The second kappa shape index (κ2) is 6.60. The van der Waals surface area contributed by atoms with E-state index in [0.717, 1.165) is 22.2 Å². The van der Waals surface area contributed by atoms with Crippen molar-refractivity contribution in [2.24, 2.45) is 0 Å². The van der Waals surface area contributed by atoms with Crippen LogP contribution in [0.1, 0.15) is 38.9 Å². The highest BCUT2D eigenvalue weighted by molar-refractivity contribution is 5.86. The number of nitrogens with zero attached hydrogens (tertiary/aromatic N) is 2. The molecule has 2 aromatic heterocycles. The minimum absolute atomic E-state index is 0. The molecule has 6 nitrogen and oxygen atoms in total. The van der Waals surface area contributed by atoms with Gasteiger partial charge in [-0.3, -0.25) is 4.79 Å². The number of fused-ring (bicyclic) bond motifs is 5. The van der Waals surface area contributed by atoms with Gasteiger partial charge in [-0.05, 0) is 24.6 Å². The molecule has 0 spiro atoms. The van der Waals surface area contributed by atoms with Crippen LogP contribution in [-0.4, -0.2) is 29.0 Å². The second-order valence-corrected chi connectivity index (χ2v) is 6.79. The molecule has 7 heteroatoms. The SMILES string of the molecule is C.CCC1(O)C(=O)OCc2c1cc1n(c2=O)Cc2cc3ccccc3nc2-1.[2HH].[B]. The molecule has 0 fully saturated rings. The number of esters is 1. The number of para-hydroxylation sites is 1. The molecule has 28 heavy (non-hydrogen) atoms. The van der Waals surface area contributed by atoms with Gasteiger partial charge in [0, 0.05) is 26.4 Å². The molecule has 3 aromatic rings. The highest BCUT2D eigenvalue weighted by atomic mass is 16.6. The number of aromatic nitrogens is 2. The number of hydrogen-bond acceptors (Lipinski definition) is 5. The highest BCUT2D eigenvalue weighted by Crippen LogP contribution is 2.38. The molecule has 0 saturated carbocycles. The van der Waals surface area contributed by atoms with Gasteiger partial charge >= 0.3 is 5.97 Å². The fourth-order valence-corrected chi connectivity index (χ4v) is 3.93. The zero-order chi connectivity index (χ0) is 18.1. The van der Waals surface area contributed by atoms with Crippen molar-refractivity contribution in [2.45, 2.75) is 39.5 Å². The Morgan fingerprint density at radius 1 is 1.29 bits per heavy atom. The number of carbonyl (C=O) groups excluding carboxylic acids is 1. The number of benzene rings is 1. The minimum atomic E-state index is -1.79. The first-order valence-electron chi connectivity index (χ1n) is 8.59. The molecule has 1 N–H and O–H groups in total. The molecule has 2 aliphatic heterocycles. The summed E-state index contributed by atoms with van der Waals surface area (Å²) in [6, 6.07) is 11.6. The van der Waals surface area contributed by atoms with E-state index < -0.39 is 11.6 Å². The second-order valence-electron chi connectivity index (χ2n) is 6.79. The molecule has 1 unspecified atom stereocenters. The van der Waals surface area contributed by atoms with Gasteiger partial charge in [-0.15, -0.1) is 0 Å². The molecule has 1 atom stereocenters. The smallest absolute Gasteiger partial charge is 0.343 e. The number of carbonyl (C=O) groups is 1. The van der Waals surface area contributed by atoms with Crippen LogP contribution >= 0.6 is 0 Å². The number of rotatable bonds is 1. The van der Waals surface area contributed by atoms with Crippen molar-refractivity contribution in [3.8, 4) is 11.4 Å². The Kier molecular flexibility index (Phi) is 4.67. The van der Waals surface area contributed by atoms with Gasteiger partial charge in [0.05, 0.1) is 29.0 Å². The monoisotopic (exact) mass is 378 g/mol. The molecule has 5 rings (SSSR count). The summed E-state index contributed by atoms with van der Waals surface area (Å²) in [6.07, 6.45) is 0.139. The normalized spacial score (nSPS) is 19.0. The lowest BCUT2D eigenvalue weighted by molar-refractivity contribution is -0.172. The number of cyclic esters (lactones) is 1. The maximum atomic E-state index is 13.0. The number of ether oxygens (including phenoxy) is 1. The predicted octanol–water partition coefficient (Wildman–Crippen LogP) is 2.58. The maximum absolute atomic E-state index is 13.0. The molecule has 2 aliphatic rings. The summed E-state index contributed by atoms with van der Waals surface area (Å²) >= 11 is 0. The molecule has 0 aliphatic carbocycles. The predicted molar refractivity (Wildman–Crippen MR) is 109 cm³/mol. The molecular formula is C21H22BN2O4. The van der Waals surface area contributed by atoms with Gasteiger partial charge in [0.15, 0.2) is 5.60 Å². The topological polar surface area (TPSA) is 81.4 Å². The highest BCUT2D eigenvalue weighted by Gasteiger charge is 2.45. The molecule has 3 radical (unpaired) electrons. The van der Waals surface area contributed by atoms with Crippen LogP contribution in [0.3, 0.4) is 0 Å². The lowest BCUT2D eigenvalue weighted by Gasteiger charge is -2.31. The quantitative estimate of drug-likeness (QED) is 0.407. The Labute approximate surface area is 165 Å². The van der Waals surface area contributed by atoms with E-state index in [1.807, 2.05) is 30.3 Å². The summed E-state index contributed by atoms with van der Waals surface area (Å²) in [6.45, 7) is 2.01. The summed E-state index contributed by atoms with van der Waals surface area (Å²) < 4.78 is 6.72. The molecule has 1 aromatic carbocycles. The van der Waals surface area contributed by atoms with Gasteiger partial charge in [0.25, 0.3) is 5.56 Å². The Morgan fingerprint density at radius 3 is 2.79 bits per heavy atom. The number of aliphatic hydroxyl groups is 1. The van der Waals surface area contributed by atoms with Gasteiger partial charge in [0.1, 0.15) is 6.61 Å². The zero-order valence-corrected chi connectivity index (χ0v) is 14.7. The first kappa shape index (κ1) is 19.8. The van der Waals surface area contributed by atoms with E-state index in [9.17, 15) is 14.7 Å². The van der Waals surface area contributed by atoms with Crippen molar-refractivity contribution in [1.29, 1.82) is 0 Å². The Balaban J connectivity index is 0.000001000. The van der Waals surface area contributed by atoms with Crippen molar-refractivity contribution >= 4 is 25.3 Å². The van der Waals surface area contributed by atoms with Crippen LogP contribution in [0.5, 0.6) is 0 Å². The average molecular weight is 378 g/mol. The van der Waals surface area contributed by atoms with E-state index >= 15 is 0 Å². The number of pyridine rings is 2. The Morgan fingerprint density at radius 2 is 2.04 bits per heavy atom. The summed E-state index contributed by atoms with van der Waals surface area (Å²) in [5.74, 6) is -0.707. The van der Waals surface area contributed by atoms with E-state index in [1.54, 1.807) is 17.6 Å². The third-order valence-electron chi connectivity index (χ3n) is 5.42. The molecular weight excluding hydrogens is 355 g/mol. The van der Waals surface area contributed by atoms with Gasteiger partial charge in [0.2, 0.25) is 0 Å². The Hall–Kier alpha value is -2.93. The van der Waals surface area contributed by atoms with Crippen molar-refractivity contribution < 1.29 is 16.1 Å². The summed E-state index contributed by atoms with van der Waals surface area (Å²) in [7, 11) is 0. The van der Waals surface area contributed by atoms with E-state index in [0.29, 0.717) is 23.4 Å². The van der Waals surface area contributed by atoms with Crippen LogP contribution in [0, 0.1) is 0 Å². The molecule has 143 valence electrons. The van der Waals surface area contributed by atoms with E-state index in [-0.39, 0.29) is 35.9 Å². The van der Waals surface area contributed by atoms with E-state index in [2.05, 4.69) is 0 Å². The lowest BCUT2D eigenvalue weighted by atomic mass is 9.86. The van der Waals surface area contributed by atoms with Gasteiger partial charge in [-0.2, -0.15) is 0 Å². The molecule has 0 bridgehead atoms. The van der Waals surface area contributed by atoms with Crippen LogP contribution in [0.25, 0.3) is 22.3 Å². The number of hydrogen-bond donors (Lipinski definition) is 1. The van der Waals surface area contributed by atoms with Crippen molar-refractivity contribution in [2.75, 3.05) is 0 Å². The summed E-state index contributed by atoms with van der Waals surface area (Å²) in [5.41, 5.74) is 1.81. The largest absolute Gasteiger partial charge is 0.458 e. The Bertz CT molecular complexity index is 1180. The van der Waals surface area contributed by atoms with Crippen LogP contribution < -0.4 is 5.56 Å². The summed E-state index contributed by atoms with van der Waals surface area (Å²) in [4.78, 5) is 29.9. The zero-order valence-electron chi connectivity index (χ0n) is 14.7. The standard InChI is InChI=1S/C20H16N2O4.CH4.B.H2/c1-2-20(25)14-8-16-17-12(7-11-5-3-4-6-15(11)21-17)9-22(16)18(23)13(14)10-26-19(20)24;;;/h3-8,25H,2,9-10H2,1H3;1H4;;1H/i;;;1+1. The fourth-order valence-electron chi connectivity index (χ4n) is 3.93. The van der Waals surface area contributed by atoms with Crippen LogP contribution in [0.15, 0.2) is 41.2 Å². The van der Waals surface area contributed by atoms with Crippen molar-refractivity contribution in [1.82, 2.24) is 9.55 Å². The van der Waals surface area contributed by atoms with Crippen molar-refractivity contribution in [3.05, 3.63) is 63.4 Å². The summed E-state index contributed by atoms with van der Waals surface area (Å²) in [5, 5.41) is 11.8. The first-order chi connectivity index (χ1) is 12.5. The van der Waals surface area contributed by atoms with Crippen LogP contribution in [0.2, 0.25) is 0 Å².